The molecule has 0 bridgehead atoms. The molecule has 0 fully saturated rings. The predicted octanol–water partition coefficient (Wildman–Crippen LogP) is 1.97. The summed E-state index contributed by atoms with van der Waals surface area (Å²) in [5, 5.41) is 20.1. The van der Waals surface area contributed by atoms with E-state index in [-0.39, 0.29) is 12.5 Å². The third-order valence-electron chi connectivity index (χ3n) is 3.97. The van der Waals surface area contributed by atoms with E-state index in [1.807, 2.05) is 20.8 Å². The molecular formula is C15H23N3O3. The molecular weight excluding hydrogens is 270 g/mol. The lowest BCUT2D eigenvalue weighted by Crippen LogP contribution is -2.42. The normalized spacial score (nSPS) is 11.2. The second kappa shape index (κ2) is 7.15. The number of hydrogen-bond acceptors (Lipinski definition) is 4. The van der Waals surface area contributed by atoms with Crippen LogP contribution in [0.1, 0.15) is 55.4 Å². The predicted molar refractivity (Wildman–Crippen MR) is 79.1 cm³/mol. The quantitative estimate of drug-likeness (QED) is 0.801. The molecule has 2 N–H and O–H groups in total. The fourth-order valence-corrected chi connectivity index (χ4v) is 2.19. The van der Waals surface area contributed by atoms with Gasteiger partial charge in [0, 0.05) is 6.54 Å². The van der Waals surface area contributed by atoms with Gasteiger partial charge in [-0.1, -0.05) is 20.8 Å². The summed E-state index contributed by atoms with van der Waals surface area (Å²) in [5.74, 6) is -1.18. The summed E-state index contributed by atoms with van der Waals surface area (Å²) in [6.07, 6.45) is 1.53. The van der Waals surface area contributed by atoms with Gasteiger partial charge in [0.1, 0.15) is 0 Å². The molecule has 0 aliphatic heterocycles. The van der Waals surface area contributed by atoms with Crippen molar-refractivity contribution in [2.45, 2.75) is 47.0 Å². The molecule has 0 aliphatic rings. The summed E-state index contributed by atoms with van der Waals surface area (Å²) in [6, 6.07) is 1.68. The van der Waals surface area contributed by atoms with E-state index in [2.05, 4.69) is 15.5 Å². The number of hydrogen-bond donors (Lipinski definition) is 2. The molecule has 0 spiro atoms. The first-order valence-corrected chi connectivity index (χ1v) is 7.25. The van der Waals surface area contributed by atoms with E-state index < -0.39 is 11.4 Å². The molecule has 1 rings (SSSR count). The van der Waals surface area contributed by atoms with Gasteiger partial charge >= 0.3 is 5.97 Å². The molecule has 6 heteroatoms. The zero-order chi connectivity index (χ0) is 16.0. The number of aliphatic carboxylic acids is 1. The highest BCUT2D eigenvalue weighted by Crippen LogP contribution is 2.25. The highest BCUT2D eigenvalue weighted by atomic mass is 16.4. The van der Waals surface area contributed by atoms with Crippen LogP contribution in [0, 0.1) is 12.3 Å². The Kier molecular flexibility index (Phi) is 5.81. The number of nitrogens with one attached hydrogen (secondary N) is 1. The molecule has 1 heterocycles. The van der Waals surface area contributed by atoms with Gasteiger partial charge in [-0.15, -0.1) is 0 Å². The minimum atomic E-state index is -0.919. The largest absolute Gasteiger partial charge is 0.481 e. The van der Waals surface area contributed by atoms with Crippen molar-refractivity contribution in [2.24, 2.45) is 5.41 Å². The molecule has 0 saturated heterocycles. The van der Waals surface area contributed by atoms with E-state index in [4.69, 9.17) is 0 Å². The van der Waals surface area contributed by atoms with Gasteiger partial charge in [-0.2, -0.15) is 10.2 Å². The molecule has 1 amide bonds. The highest BCUT2D eigenvalue weighted by Gasteiger charge is 2.35. The van der Waals surface area contributed by atoms with Gasteiger partial charge in [-0.3, -0.25) is 9.59 Å². The molecule has 116 valence electrons. The Balaban J connectivity index is 2.91. The fourth-order valence-electron chi connectivity index (χ4n) is 2.19. The van der Waals surface area contributed by atoms with Gasteiger partial charge < -0.3 is 10.4 Å². The minimum absolute atomic E-state index is 0.110. The second-order valence-corrected chi connectivity index (χ2v) is 5.17. The first-order chi connectivity index (χ1) is 9.90. The van der Waals surface area contributed by atoms with Gasteiger partial charge in [-0.05, 0) is 32.3 Å². The van der Waals surface area contributed by atoms with Crippen molar-refractivity contribution in [3.05, 3.63) is 23.0 Å². The van der Waals surface area contributed by atoms with Crippen LogP contribution in [0.25, 0.3) is 0 Å². The van der Waals surface area contributed by atoms with Gasteiger partial charge in [0.2, 0.25) is 0 Å². The summed E-state index contributed by atoms with van der Waals surface area (Å²) in [5.41, 5.74) is 0.828. The van der Waals surface area contributed by atoms with Crippen molar-refractivity contribution < 1.29 is 14.7 Å². The summed E-state index contributed by atoms with van der Waals surface area (Å²) < 4.78 is 0. The Morgan fingerprint density at radius 3 is 2.33 bits per heavy atom. The minimum Gasteiger partial charge on any atom is -0.481 e. The van der Waals surface area contributed by atoms with Crippen LogP contribution in [-0.2, 0) is 11.2 Å². The number of rotatable bonds is 7. The van der Waals surface area contributed by atoms with Crippen LogP contribution < -0.4 is 5.32 Å². The number of aryl methyl sites for hydroxylation is 2. The number of nitrogens with zero attached hydrogens (tertiary/aromatic N) is 2. The molecule has 0 aliphatic carbocycles. The average molecular weight is 293 g/mol. The van der Waals surface area contributed by atoms with Crippen molar-refractivity contribution in [3.63, 3.8) is 0 Å². The van der Waals surface area contributed by atoms with Gasteiger partial charge in [-0.25, -0.2) is 0 Å². The molecule has 0 aromatic carbocycles. The fraction of sp³-hybridized carbons (Fsp3) is 0.600. The summed E-state index contributed by atoms with van der Waals surface area (Å²) in [4.78, 5) is 23.7. The summed E-state index contributed by atoms with van der Waals surface area (Å²) >= 11 is 0. The summed E-state index contributed by atoms with van der Waals surface area (Å²) in [6.45, 7) is 7.41. The Morgan fingerprint density at radius 1 is 1.24 bits per heavy atom. The monoisotopic (exact) mass is 293 g/mol. The number of carboxylic acid groups (broad SMARTS) is 1. The van der Waals surface area contributed by atoms with Crippen molar-refractivity contribution in [2.75, 3.05) is 6.54 Å². The van der Waals surface area contributed by atoms with Crippen LogP contribution in [-0.4, -0.2) is 33.7 Å². The molecule has 1 aromatic rings. The second-order valence-electron chi connectivity index (χ2n) is 5.17. The maximum atomic E-state index is 12.3. The first-order valence-electron chi connectivity index (χ1n) is 7.25. The number of carbonyl (C=O) groups is 2. The van der Waals surface area contributed by atoms with Gasteiger partial charge in [0.15, 0.2) is 0 Å². The zero-order valence-electron chi connectivity index (χ0n) is 13.1. The lowest BCUT2D eigenvalue weighted by atomic mass is 9.82. The molecule has 0 atom stereocenters. The van der Waals surface area contributed by atoms with Gasteiger partial charge in [0.25, 0.3) is 5.91 Å². The molecule has 6 nitrogen and oxygen atoms in total. The maximum absolute atomic E-state index is 12.3. The summed E-state index contributed by atoms with van der Waals surface area (Å²) in [7, 11) is 0. The highest BCUT2D eigenvalue weighted by molar-refractivity contribution is 5.95. The van der Waals surface area contributed by atoms with Crippen LogP contribution in [0.5, 0.6) is 0 Å². The SMILES string of the molecule is CCc1nnc(C)cc1C(=O)NCC(CC)(CC)C(=O)O. The van der Waals surface area contributed by atoms with E-state index in [0.29, 0.717) is 36.2 Å². The van der Waals surface area contributed by atoms with Crippen molar-refractivity contribution in [1.82, 2.24) is 15.5 Å². The maximum Gasteiger partial charge on any atom is 0.311 e. The Morgan fingerprint density at radius 2 is 1.86 bits per heavy atom. The van der Waals surface area contributed by atoms with Crippen LogP contribution in [0.15, 0.2) is 6.07 Å². The van der Waals surface area contributed by atoms with Crippen molar-refractivity contribution in [1.29, 1.82) is 0 Å². The third-order valence-corrected chi connectivity index (χ3v) is 3.97. The zero-order valence-corrected chi connectivity index (χ0v) is 13.1. The lowest BCUT2D eigenvalue weighted by molar-refractivity contribution is -0.149. The number of amides is 1. The van der Waals surface area contributed by atoms with Crippen LogP contribution in [0.3, 0.4) is 0 Å². The Hall–Kier alpha value is -1.98. The van der Waals surface area contributed by atoms with E-state index >= 15 is 0 Å². The van der Waals surface area contributed by atoms with E-state index in [1.54, 1.807) is 13.0 Å². The van der Waals surface area contributed by atoms with E-state index in [1.165, 1.54) is 0 Å². The van der Waals surface area contributed by atoms with Crippen molar-refractivity contribution >= 4 is 11.9 Å². The topological polar surface area (TPSA) is 92.2 Å². The lowest BCUT2D eigenvalue weighted by Gasteiger charge is -2.26. The smallest absolute Gasteiger partial charge is 0.311 e. The van der Waals surface area contributed by atoms with E-state index in [0.717, 1.165) is 0 Å². The molecule has 0 unspecified atom stereocenters. The molecule has 1 aromatic heterocycles. The van der Waals surface area contributed by atoms with Crippen LogP contribution in [0.2, 0.25) is 0 Å². The van der Waals surface area contributed by atoms with Crippen LogP contribution in [0.4, 0.5) is 0 Å². The Bertz CT molecular complexity index is 525. The average Bonchev–Trinajstić information content (AvgIpc) is 2.48. The molecule has 0 saturated carbocycles. The Labute approximate surface area is 125 Å². The van der Waals surface area contributed by atoms with Crippen LogP contribution >= 0.6 is 0 Å². The molecule has 0 radical (unpaired) electrons. The van der Waals surface area contributed by atoms with Crippen molar-refractivity contribution in [3.8, 4) is 0 Å². The number of aromatic nitrogens is 2. The first kappa shape index (κ1) is 17.1. The number of carbonyl (C=O) groups excluding carboxylic acids is 1. The standard InChI is InChI=1S/C15H23N3O3/c1-5-12-11(8-10(4)17-18-12)13(19)16-9-15(6-2,7-3)14(20)21/h8H,5-7,9H2,1-4H3,(H,16,19)(H,20,21). The molecule has 21 heavy (non-hydrogen) atoms. The van der Waals surface area contributed by atoms with E-state index in [9.17, 15) is 14.7 Å². The third kappa shape index (κ3) is 3.77. The number of carboxylic acids is 1. The van der Waals surface area contributed by atoms with Gasteiger partial charge in [0.05, 0.1) is 22.4 Å².